The Labute approximate surface area is 212 Å². The molecule has 0 unspecified atom stereocenters. The quantitative estimate of drug-likeness (QED) is 0.458. The lowest BCUT2D eigenvalue weighted by atomic mass is 9.91. The number of ether oxygens (including phenoxy) is 1. The first kappa shape index (κ1) is 25.8. The Hall–Kier alpha value is -3.24. The van der Waals surface area contributed by atoms with Crippen LogP contribution in [0.15, 0.2) is 31.0 Å². The third-order valence-electron chi connectivity index (χ3n) is 7.10. The minimum Gasteiger partial charge on any atom is -0.381 e. The van der Waals surface area contributed by atoms with Crippen LogP contribution in [0, 0.1) is 5.92 Å². The maximum absolute atomic E-state index is 13.5. The number of amides is 2. The number of allylic oxidation sites excluding steroid dienone is 1. The van der Waals surface area contributed by atoms with Gasteiger partial charge in [0.25, 0.3) is 0 Å². The Morgan fingerprint density at radius 2 is 2.08 bits per heavy atom. The molecule has 0 saturated carbocycles. The Kier molecular flexibility index (Phi) is 7.75. The fourth-order valence-corrected chi connectivity index (χ4v) is 5.00. The van der Waals surface area contributed by atoms with E-state index in [1.807, 2.05) is 45.0 Å². The zero-order valence-corrected chi connectivity index (χ0v) is 21.6. The number of rotatable bonds is 9. The predicted octanol–water partition coefficient (Wildman–Crippen LogP) is 2.96. The number of aromatic nitrogens is 3. The number of fused-ring (bicyclic) bond motifs is 1. The lowest BCUT2D eigenvalue weighted by Gasteiger charge is -2.37. The molecule has 10 nitrogen and oxygen atoms in total. The summed E-state index contributed by atoms with van der Waals surface area (Å²) in [6.45, 7) is 10.3. The van der Waals surface area contributed by atoms with Crippen molar-refractivity contribution in [2.45, 2.75) is 51.2 Å². The van der Waals surface area contributed by atoms with Gasteiger partial charge in [-0.25, -0.2) is 9.78 Å². The van der Waals surface area contributed by atoms with E-state index in [2.05, 4.69) is 37.3 Å². The molecule has 0 radical (unpaired) electrons. The molecule has 0 aliphatic carbocycles. The van der Waals surface area contributed by atoms with E-state index in [4.69, 9.17) is 4.74 Å². The molecule has 2 aliphatic heterocycles. The molecule has 194 valence electrons. The number of carbonyl (C=O) groups is 2. The summed E-state index contributed by atoms with van der Waals surface area (Å²) in [6.07, 6.45) is 5.16. The van der Waals surface area contributed by atoms with E-state index in [1.54, 1.807) is 6.20 Å². The molecule has 0 aromatic carbocycles. The van der Waals surface area contributed by atoms with Crippen LogP contribution in [0.1, 0.15) is 43.5 Å². The number of ketones is 1. The summed E-state index contributed by atoms with van der Waals surface area (Å²) in [5, 5.41) is 14.2. The van der Waals surface area contributed by atoms with E-state index in [0.717, 1.165) is 49.4 Å². The van der Waals surface area contributed by atoms with Crippen molar-refractivity contribution in [1.29, 1.82) is 0 Å². The van der Waals surface area contributed by atoms with Crippen LogP contribution in [0.2, 0.25) is 0 Å². The van der Waals surface area contributed by atoms with E-state index in [9.17, 15) is 9.59 Å². The second-order valence-corrected chi connectivity index (χ2v) is 10.4. The van der Waals surface area contributed by atoms with Gasteiger partial charge in [-0.15, -0.1) is 0 Å². The molecule has 36 heavy (non-hydrogen) atoms. The molecule has 4 heterocycles. The SMILES string of the molecule is C=CC(=O)Cc1ccc(Nc2n[nH]c3c2CN(C(=O)N[C@H](CN(C)C)C2CCOCC2)C3(C)C)nc1. The van der Waals surface area contributed by atoms with Crippen LogP contribution in [0.3, 0.4) is 0 Å². The summed E-state index contributed by atoms with van der Waals surface area (Å²) in [4.78, 5) is 33.5. The Morgan fingerprint density at radius 1 is 1.33 bits per heavy atom. The first-order chi connectivity index (χ1) is 17.2. The molecule has 1 fully saturated rings. The van der Waals surface area contributed by atoms with E-state index in [1.165, 1.54) is 6.08 Å². The molecule has 0 bridgehead atoms. The van der Waals surface area contributed by atoms with Gasteiger partial charge in [-0.2, -0.15) is 5.10 Å². The molecule has 2 aliphatic rings. The Bertz CT molecular complexity index is 1090. The molecule has 4 rings (SSSR count). The number of nitrogens with zero attached hydrogens (tertiary/aromatic N) is 4. The van der Waals surface area contributed by atoms with Crippen molar-refractivity contribution in [3.05, 3.63) is 47.8 Å². The van der Waals surface area contributed by atoms with Crippen molar-refractivity contribution in [3.63, 3.8) is 0 Å². The van der Waals surface area contributed by atoms with E-state index in [-0.39, 0.29) is 24.3 Å². The summed E-state index contributed by atoms with van der Waals surface area (Å²) in [5.74, 6) is 1.60. The van der Waals surface area contributed by atoms with Crippen LogP contribution < -0.4 is 10.6 Å². The number of anilines is 2. The van der Waals surface area contributed by atoms with Gasteiger partial charge >= 0.3 is 6.03 Å². The molecule has 1 atom stereocenters. The highest BCUT2D eigenvalue weighted by molar-refractivity contribution is 5.90. The standard InChI is InChI=1S/C26H37N7O3/c1-6-19(34)13-17-7-8-22(27-14-17)29-24-20-15-33(26(2,3)23(20)30-31-24)25(35)28-21(16-32(4)5)18-9-11-36-12-10-18/h6-8,14,18,21H,1,9-13,15-16H2,2-5H3,(H,28,35)(H2,27,29,30,31)/t21-/m1/s1. The number of hydrogen-bond acceptors (Lipinski definition) is 7. The van der Waals surface area contributed by atoms with E-state index >= 15 is 0 Å². The van der Waals surface area contributed by atoms with Crippen LogP contribution >= 0.6 is 0 Å². The van der Waals surface area contributed by atoms with Gasteiger partial charge < -0.3 is 25.2 Å². The molecule has 0 spiro atoms. The van der Waals surface area contributed by atoms with Crippen LogP contribution in [-0.4, -0.2) is 76.7 Å². The second-order valence-electron chi connectivity index (χ2n) is 10.4. The molecule has 10 heteroatoms. The molecule has 1 saturated heterocycles. The first-order valence-corrected chi connectivity index (χ1v) is 12.4. The first-order valence-electron chi connectivity index (χ1n) is 12.4. The average Bonchev–Trinajstić information content (AvgIpc) is 3.37. The maximum Gasteiger partial charge on any atom is 0.318 e. The van der Waals surface area contributed by atoms with Crippen LogP contribution in [0.5, 0.6) is 0 Å². The summed E-state index contributed by atoms with van der Waals surface area (Å²) >= 11 is 0. The Morgan fingerprint density at radius 3 is 2.72 bits per heavy atom. The summed E-state index contributed by atoms with van der Waals surface area (Å²) in [5.41, 5.74) is 2.12. The molecular weight excluding hydrogens is 458 g/mol. The molecular formula is C26H37N7O3. The summed E-state index contributed by atoms with van der Waals surface area (Å²) < 4.78 is 5.54. The van der Waals surface area contributed by atoms with E-state index < -0.39 is 5.54 Å². The van der Waals surface area contributed by atoms with Gasteiger partial charge in [-0.1, -0.05) is 12.6 Å². The van der Waals surface area contributed by atoms with Gasteiger partial charge in [0.2, 0.25) is 0 Å². The predicted molar refractivity (Wildman–Crippen MR) is 138 cm³/mol. The number of pyridine rings is 1. The van der Waals surface area contributed by atoms with Crippen molar-refractivity contribution >= 4 is 23.5 Å². The van der Waals surface area contributed by atoms with Gasteiger partial charge in [0.1, 0.15) is 5.82 Å². The fourth-order valence-electron chi connectivity index (χ4n) is 5.00. The summed E-state index contributed by atoms with van der Waals surface area (Å²) in [6, 6.07) is 3.65. The number of carbonyl (C=O) groups excluding carboxylic acids is 2. The Balaban J connectivity index is 1.46. The van der Waals surface area contributed by atoms with Crippen LogP contribution in [0.4, 0.5) is 16.4 Å². The maximum atomic E-state index is 13.5. The van der Waals surface area contributed by atoms with Crippen LogP contribution in [0.25, 0.3) is 0 Å². The van der Waals surface area contributed by atoms with Gasteiger partial charge in [-0.3, -0.25) is 9.89 Å². The number of aromatic amines is 1. The fraction of sp³-hybridized carbons (Fsp3) is 0.538. The second kappa shape index (κ2) is 10.8. The lowest BCUT2D eigenvalue weighted by molar-refractivity contribution is -0.114. The van der Waals surface area contributed by atoms with Crippen molar-refractivity contribution in [2.24, 2.45) is 5.92 Å². The minimum absolute atomic E-state index is 0.0483. The largest absolute Gasteiger partial charge is 0.381 e. The van der Waals surface area contributed by atoms with Crippen molar-refractivity contribution in [2.75, 3.05) is 39.2 Å². The summed E-state index contributed by atoms with van der Waals surface area (Å²) in [7, 11) is 4.06. The monoisotopic (exact) mass is 495 g/mol. The molecule has 3 N–H and O–H groups in total. The number of likely N-dealkylation sites (N-methyl/N-ethyl adjacent to an activating group) is 1. The highest BCUT2D eigenvalue weighted by Gasteiger charge is 2.44. The van der Waals surface area contributed by atoms with Gasteiger partial charge in [0, 0.05) is 44.0 Å². The average molecular weight is 496 g/mol. The van der Waals surface area contributed by atoms with E-state index in [0.29, 0.717) is 24.1 Å². The third-order valence-corrected chi connectivity index (χ3v) is 7.10. The van der Waals surface area contributed by atoms with Crippen LogP contribution in [-0.2, 0) is 28.0 Å². The highest BCUT2D eigenvalue weighted by atomic mass is 16.5. The molecule has 2 amide bonds. The lowest BCUT2D eigenvalue weighted by Crippen LogP contribution is -2.54. The normalized spacial score (nSPS) is 18.1. The number of urea groups is 1. The van der Waals surface area contributed by atoms with Crippen molar-refractivity contribution in [3.8, 4) is 0 Å². The van der Waals surface area contributed by atoms with Crippen molar-refractivity contribution in [1.82, 2.24) is 30.3 Å². The zero-order chi connectivity index (χ0) is 25.9. The van der Waals surface area contributed by atoms with Gasteiger partial charge in [0.05, 0.1) is 17.8 Å². The molecule has 2 aromatic rings. The smallest absolute Gasteiger partial charge is 0.318 e. The van der Waals surface area contributed by atoms with Gasteiger partial charge in [-0.05, 0) is 64.4 Å². The highest BCUT2D eigenvalue weighted by Crippen LogP contribution is 2.41. The van der Waals surface area contributed by atoms with Gasteiger partial charge in [0.15, 0.2) is 11.6 Å². The third kappa shape index (κ3) is 5.60. The number of H-pyrrole nitrogens is 1. The van der Waals surface area contributed by atoms with Crippen molar-refractivity contribution < 1.29 is 14.3 Å². The zero-order valence-electron chi connectivity index (χ0n) is 21.6. The number of nitrogens with one attached hydrogen (secondary N) is 3. The topological polar surface area (TPSA) is 115 Å². The minimum atomic E-state index is -0.549. The number of hydrogen-bond donors (Lipinski definition) is 3. The molecule has 2 aromatic heterocycles.